The minimum Gasteiger partial charge on any atom is -0.370 e. The fourth-order valence-corrected chi connectivity index (χ4v) is 3.85. The van der Waals surface area contributed by atoms with Crippen molar-refractivity contribution in [1.82, 2.24) is 5.32 Å². The molecule has 1 spiro atoms. The van der Waals surface area contributed by atoms with Crippen LogP contribution in [0.2, 0.25) is 0 Å². The Hall–Kier alpha value is -0.300. The van der Waals surface area contributed by atoms with Gasteiger partial charge < -0.3 is 11.1 Å². The van der Waals surface area contributed by atoms with Gasteiger partial charge in [-0.1, -0.05) is 18.9 Å². The minimum atomic E-state index is 0. The van der Waals surface area contributed by atoms with Crippen molar-refractivity contribution in [2.75, 3.05) is 6.54 Å². The summed E-state index contributed by atoms with van der Waals surface area (Å²) in [5, 5.41) is 5.50. The lowest BCUT2D eigenvalue weighted by Gasteiger charge is -2.10. The van der Waals surface area contributed by atoms with Crippen LogP contribution in [0.4, 0.5) is 0 Å². The van der Waals surface area contributed by atoms with Crippen LogP contribution in [0.25, 0.3) is 0 Å². The normalized spacial score (nSPS) is 24.2. The molecule has 3 N–H and O–H groups in total. The summed E-state index contributed by atoms with van der Waals surface area (Å²) in [5.41, 5.74) is 6.54. The zero-order valence-corrected chi connectivity index (χ0v) is 14.2. The van der Waals surface area contributed by atoms with Crippen LogP contribution >= 0.6 is 35.3 Å². The Morgan fingerprint density at radius 1 is 1.47 bits per heavy atom. The number of thiophene rings is 1. The van der Waals surface area contributed by atoms with Crippen LogP contribution in [0.5, 0.6) is 0 Å². The lowest BCUT2D eigenvalue weighted by atomic mass is 10.1. The molecule has 0 aliphatic heterocycles. The Labute approximate surface area is 136 Å². The third-order valence-electron chi connectivity index (χ3n) is 4.33. The maximum atomic E-state index is 5.95. The Kier molecular flexibility index (Phi) is 5.11. The summed E-state index contributed by atoms with van der Waals surface area (Å²) in [4.78, 5) is 5.80. The van der Waals surface area contributed by atoms with Gasteiger partial charge in [0.05, 0.1) is 0 Å². The van der Waals surface area contributed by atoms with Crippen LogP contribution in [-0.4, -0.2) is 18.5 Å². The van der Waals surface area contributed by atoms with E-state index in [1.807, 2.05) is 0 Å². The van der Waals surface area contributed by atoms with E-state index in [1.54, 1.807) is 11.3 Å². The number of nitrogens with one attached hydrogen (secondary N) is 1. The van der Waals surface area contributed by atoms with Crippen molar-refractivity contribution >= 4 is 41.3 Å². The van der Waals surface area contributed by atoms with E-state index in [1.165, 1.54) is 37.0 Å². The molecule has 0 amide bonds. The van der Waals surface area contributed by atoms with Crippen molar-refractivity contribution < 1.29 is 0 Å². The summed E-state index contributed by atoms with van der Waals surface area (Å²) < 4.78 is 0. The largest absolute Gasteiger partial charge is 0.370 e. The van der Waals surface area contributed by atoms with Gasteiger partial charge in [0.15, 0.2) is 5.96 Å². The standard InChI is InChI=1S/C14H21N3S.HI/c15-13(16-8-5-11-4-3-9-18-11)17-12-10-14(12)6-1-2-7-14;/h3-4,9,12H,1-2,5-8,10H2,(H3,15,16,17);1H. The summed E-state index contributed by atoms with van der Waals surface area (Å²) in [6.45, 7) is 0.791. The predicted octanol–water partition coefficient (Wildman–Crippen LogP) is 3.15. The average Bonchev–Trinajstić information content (AvgIpc) is 2.79. The molecule has 3 rings (SSSR count). The Morgan fingerprint density at radius 2 is 2.26 bits per heavy atom. The Bertz CT molecular complexity index is 424. The van der Waals surface area contributed by atoms with Crippen LogP contribution in [0, 0.1) is 5.41 Å². The highest BCUT2D eigenvalue weighted by atomic mass is 127. The van der Waals surface area contributed by atoms with E-state index >= 15 is 0 Å². The topological polar surface area (TPSA) is 50.4 Å². The molecule has 2 saturated carbocycles. The lowest BCUT2D eigenvalue weighted by molar-refractivity contribution is 0.496. The quantitative estimate of drug-likeness (QED) is 0.471. The molecule has 2 fully saturated rings. The van der Waals surface area contributed by atoms with E-state index in [9.17, 15) is 0 Å². The van der Waals surface area contributed by atoms with Gasteiger partial charge in [-0.05, 0) is 36.1 Å². The van der Waals surface area contributed by atoms with Gasteiger partial charge in [-0.2, -0.15) is 0 Å². The first-order chi connectivity index (χ1) is 8.78. The number of hydrogen-bond donors (Lipinski definition) is 2. The zero-order valence-electron chi connectivity index (χ0n) is 11.1. The molecule has 1 aromatic rings. The van der Waals surface area contributed by atoms with E-state index in [4.69, 9.17) is 5.73 Å². The lowest BCUT2D eigenvalue weighted by Crippen LogP contribution is -2.35. The van der Waals surface area contributed by atoms with Gasteiger partial charge in [0.1, 0.15) is 0 Å². The van der Waals surface area contributed by atoms with Gasteiger partial charge in [-0.3, -0.25) is 4.99 Å². The molecular weight excluding hydrogens is 369 g/mol. The third-order valence-corrected chi connectivity index (χ3v) is 5.27. The van der Waals surface area contributed by atoms with E-state index in [0.717, 1.165) is 13.0 Å². The van der Waals surface area contributed by atoms with Gasteiger partial charge >= 0.3 is 0 Å². The maximum Gasteiger partial charge on any atom is 0.188 e. The highest BCUT2D eigenvalue weighted by Crippen LogP contribution is 2.57. The molecule has 106 valence electrons. The van der Waals surface area contributed by atoms with E-state index < -0.39 is 0 Å². The second kappa shape index (κ2) is 6.43. The first kappa shape index (κ1) is 15.1. The summed E-state index contributed by atoms with van der Waals surface area (Å²) >= 11 is 1.79. The summed E-state index contributed by atoms with van der Waals surface area (Å²) in [7, 11) is 0. The summed E-state index contributed by atoms with van der Waals surface area (Å²) in [6.07, 6.45) is 7.85. The van der Waals surface area contributed by atoms with Crippen LogP contribution in [0.3, 0.4) is 0 Å². The number of rotatable bonds is 4. The summed E-state index contributed by atoms with van der Waals surface area (Å²) in [6, 6.07) is 4.84. The van der Waals surface area contributed by atoms with Gasteiger partial charge in [0, 0.05) is 23.9 Å². The molecule has 1 unspecified atom stereocenters. The molecular formula is C14H22IN3S. The Morgan fingerprint density at radius 3 is 2.95 bits per heavy atom. The Balaban J connectivity index is 0.00000133. The van der Waals surface area contributed by atoms with Crippen LogP contribution in [-0.2, 0) is 6.42 Å². The van der Waals surface area contributed by atoms with Crippen LogP contribution in [0.1, 0.15) is 37.0 Å². The molecule has 0 bridgehead atoms. The molecule has 1 aromatic heterocycles. The van der Waals surface area contributed by atoms with Gasteiger partial charge in [-0.15, -0.1) is 35.3 Å². The highest BCUT2D eigenvalue weighted by molar-refractivity contribution is 14.0. The average molecular weight is 391 g/mol. The molecule has 1 atom stereocenters. The number of nitrogens with two attached hydrogens (primary N) is 1. The van der Waals surface area contributed by atoms with E-state index in [-0.39, 0.29) is 24.0 Å². The van der Waals surface area contributed by atoms with E-state index in [2.05, 4.69) is 27.8 Å². The number of nitrogens with zero attached hydrogens (tertiary/aromatic N) is 1. The molecule has 0 aromatic carbocycles. The molecule has 19 heavy (non-hydrogen) atoms. The van der Waals surface area contributed by atoms with Crippen molar-refractivity contribution in [1.29, 1.82) is 0 Å². The third kappa shape index (κ3) is 3.62. The first-order valence-corrected chi connectivity index (χ1v) is 7.75. The number of hydrogen-bond acceptors (Lipinski definition) is 2. The predicted molar refractivity (Wildman–Crippen MR) is 92.4 cm³/mol. The maximum absolute atomic E-state index is 5.95. The second-order valence-corrected chi connectivity index (χ2v) is 6.60. The van der Waals surface area contributed by atoms with Crippen molar-refractivity contribution in [3.63, 3.8) is 0 Å². The molecule has 2 aliphatic rings. The van der Waals surface area contributed by atoms with Crippen molar-refractivity contribution in [3.05, 3.63) is 22.4 Å². The molecule has 0 saturated heterocycles. The van der Waals surface area contributed by atoms with Crippen LogP contribution < -0.4 is 11.1 Å². The molecule has 0 radical (unpaired) electrons. The number of halogens is 1. The fraction of sp³-hybridized carbons (Fsp3) is 0.643. The number of guanidine groups is 1. The monoisotopic (exact) mass is 391 g/mol. The SMILES string of the molecule is I.NC(=NCCc1cccs1)NC1CC12CCCC2. The molecule has 5 heteroatoms. The van der Waals surface area contributed by atoms with Gasteiger partial charge in [0.25, 0.3) is 0 Å². The zero-order chi connectivity index (χ0) is 12.4. The minimum absolute atomic E-state index is 0. The summed E-state index contributed by atoms with van der Waals surface area (Å²) in [5.74, 6) is 0.639. The smallest absolute Gasteiger partial charge is 0.188 e. The number of aliphatic imine (C=N–C) groups is 1. The highest BCUT2D eigenvalue weighted by Gasteiger charge is 2.55. The second-order valence-electron chi connectivity index (χ2n) is 5.57. The molecule has 2 aliphatic carbocycles. The molecule has 3 nitrogen and oxygen atoms in total. The van der Waals surface area contributed by atoms with Gasteiger partial charge in [0.2, 0.25) is 0 Å². The first-order valence-electron chi connectivity index (χ1n) is 6.87. The van der Waals surface area contributed by atoms with E-state index in [0.29, 0.717) is 17.4 Å². The van der Waals surface area contributed by atoms with Crippen molar-refractivity contribution in [2.24, 2.45) is 16.1 Å². The fourth-order valence-electron chi connectivity index (χ4n) is 3.15. The van der Waals surface area contributed by atoms with Crippen LogP contribution in [0.15, 0.2) is 22.5 Å². The van der Waals surface area contributed by atoms with Gasteiger partial charge in [-0.25, -0.2) is 0 Å². The van der Waals surface area contributed by atoms with Crippen molar-refractivity contribution in [2.45, 2.75) is 44.6 Å². The van der Waals surface area contributed by atoms with Crippen molar-refractivity contribution in [3.8, 4) is 0 Å². The molecule has 1 heterocycles.